The molecule has 0 bridgehead atoms. The first-order valence-corrected chi connectivity index (χ1v) is 10.7. The zero-order valence-electron chi connectivity index (χ0n) is 17.0. The van der Waals surface area contributed by atoms with Gasteiger partial charge >= 0.3 is 0 Å². The first-order valence-electron chi connectivity index (χ1n) is 9.83. The summed E-state index contributed by atoms with van der Waals surface area (Å²) in [7, 11) is 1.63. The third-order valence-corrected chi connectivity index (χ3v) is 5.48. The quantitative estimate of drug-likeness (QED) is 0.434. The van der Waals surface area contributed by atoms with Crippen LogP contribution in [0.2, 0.25) is 0 Å². The highest BCUT2D eigenvalue weighted by molar-refractivity contribution is 7.12. The van der Waals surface area contributed by atoms with Crippen molar-refractivity contribution in [2.24, 2.45) is 0 Å². The molecule has 0 radical (unpaired) electrons. The van der Waals surface area contributed by atoms with Crippen LogP contribution in [-0.4, -0.2) is 48.4 Å². The fourth-order valence-electron chi connectivity index (χ4n) is 3.10. The topological polar surface area (TPSA) is 63.0 Å². The molecule has 3 aromatic rings. The maximum Gasteiger partial charge on any atom is 0.264 e. The van der Waals surface area contributed by atoms with Crippen molar-refractivity contribution in [3.63, 3.8) is 0 Å². The first kappa shape index (κ1) is 21.8. The molecule has 6 nitrogen and oxygen atoms in total. The van der Waals surface area contributed by atoms with E-state index in [0.717, 1.165) is 5.56 Å². The minimum Gasteiger partial charge on any atom is -0.467 e. The molecule has 2 heterocycles. The molecule has 0 aliphatic rings. The van der Waals surface area contributed by atoms with Gasteiger partial charge in [0.05, 0.1) is 17.7 Å². The largest absolute Gasteiger partial charge is 0.467 e. The predicted molar refractivity (Wildman–Crippen MR) is 116 cm³/mol. The van der Waals surface area contributed by atoms with Crippen LogP contribution >= 0.6 is 11.3 Å². The van der Waals surface area contributed by atoms with Gasteiger partial charge in [0.25, 0.3) is 5.91 Å². The van der Waals surface area contributed by atoms with Crippen molar-refractivity contribution < 1.29 is 18.7 Å². The van der Waals surface area contributed by atoms with Crippen LogP contribution in [0.25, 0.3) is 0 Å². The molecular formula is C23H26N2O4S. The van der Waals surface area contributed by atoms with Gasteiger partial charge < -0.3 is 19.0 Å². The highest BCUT2D eigenvalue weighted by atomic mass is 32.1. The minimum absolute atomic E-state index is 0.00793. The zero-order valence-corrected chi connectivity index (χ0v) is 17.8. The highest BCUT2D eigenvalue weighted by Crippen LogP contribution is 2.15. The van der Waals surface area contributed by atoms with Crippen LogP contribution in [0.4, 0.5) is 0 Å². The number of benzene rings is 1. The van der Waals surface area contributed by atoms with Crippen molar-refractivity contribution in [2.45, 2.75) is 19.5 Å². The van der Waals surface area contributed by atoms with E-state index in [4.69, 9.17) is 9.15 Å². The van der Waals surface area contributed by atoms with Gasteiger partial charge in [-0.2, -0.15) is 0 Å². The second kappa shape index (κ2) is 11.3. The van der Waals surface area contributed by atoms with Gasteiger partial charge in [-0.15, -0.1) is 11.3 Å². The van der Waals surface area contributed by atoms with Gasteiger partial charge in [0.15, 0.2) is 0 Å². The maximum absolute atomic E-state index is 13.3. The van der Waals surface area contributed by atoms with Gasteiger partial charge in [-0.1, -0.05) is 36.4 Å². The van der Waals surface area contributed by atoms with Crippen LogP contribution < -0.4 is 0 Å². The van der Waals surface area contributed by atoms with E-state index in [1.165, 1.54) is 11.3 Å². The third kappa shape index (κ3) is 6.30. The number of carbonyl (C=O) groups excluding carboxylic acids is 2. The molecule has 3 rings (SSSR count). The number of thiophene rings is 1. The Bertz CT molecular complexity index is 895. The summed E-state index contributed by atoms with van der Waals surface area (Å²) in [5, 5.41) is 1.86. The summed E-state index contributed by atoms with van der Waals surface area (Å²) in [5.41, 5.74) is 1.02. The van der Waals surface area contributed by atoms with Crippen LogP contribution in [0.1, 0.15) is 27.4 Å². The normalized spacial score (nSPS) is 10.7. The minimum atomic E-state index is -0.132. The number of methoxy groups -OCH3 is 1. The molecule has 0 saturated heterocycles. The lowest BCUT2D eigenvalue weighted by Gasteiger charge is -2.27. The Labute approximate surface area is 180 Å². The molecule has 0 spiro atoms. The van der Waals surface area contributed by atoms with Gasteiger partial charge in [-0.3, -0.25) is 9.59 Å². The molecule has 0 aliphatic carbocycles. The second-order valence-corrected chi connectivity index (χ2v) is 7.81. The fourth-order valence-corrected chi connectivity index (χ4v) is 3.79. The van der Waals surface area contributed by atoms with E-state index < -0.39 is 0 Å². The second-order valence-electron chi connectivity index (χ2n) is 6.87. The van der Waals surface area contributed by atoms with E-state index in [0.29, 0.717) is 43.3 Å². The summed E-state index contributed by atoms with van der Waals surface area (Å²) in [6.07, 6.45) is 2.26. The van der Waals surface area contributed by atoms with Crippen molar-refractivity contribution in [2.75, 3.05) is 26.8 Å². The average Bonchev–Trinajstić information content (AvgIpc) is 3.47. The lowest BCUT2D eigenvalue weighted by atomic mass is 10.2. The maximum atomic E-state index is 13.3. The molecule has 0 fully saturated rings. The molecule has 2 amide bonds. The fraction of sp³-hybridized carbons (Fsp3) is 0.304. The first-order chi connectivity index (χ1) is 14.7. The molecule has 2 aromatic heterocycles. The smallest absolute Gasteiger partial charge is 0.264 e. The molecular weight excluding hydrogens is 400 g/mol. The molecule has 0 aliphatic heterocycles. The van der Waals surface area contributed by atoms with E-state index in [1.807, 2.05) is 47.8 Å². The third-order valence-electron chi connectivity index (χ3n) is 4.62. The number of amides is 2. The van der Waals surface area contributed by atoms with Crippen LogP contribution in [0.15, 0.2) is 70.7 Å². The van der Waals surface area contributed by atoms with Crippen molar-refractivity contribution in [1.82, 2.24) is 9.80 Å². The highest BCUT2D eigenvalue weighted by Gasteiger charge is 2.23. The van der Waals surface area contributed by atoms with Crippen molar-refractivity contribution in [1.29, 1.82) is 0 Å². The van der Waals surface area contributed by atoms with E-state index in [9.17, 15) is 9.59 Å². The van der Waals surface area contributed by atoms with Crippen molar-refractivity contribution >= 4 is 23.2 Å². The summed E-state index contributed by atoms with van der Waals surface area (Å²) in [6, 6.07) is 17.1. The lowest BCUT2D eigenvalue weighted by molar-refractivity contribution is -0.133. The lowest BCUT2D eigenvalue weighted by Crippen LogP contribution is -2.43. The Morgan fingerprint density at radius 3 is 2.50 bits per heavy atom. The van der Waals surface area contributed by atoms with Crippen LogP contribution in [0.3, 0.4) is 0 Å². The molecule has 0 unspecified atom stereocenters. The molecule has 158 valence electrons. The number of hydrogen-bond donors (Lipinski definition) is 0. The number of nitrogens with zero attached hydrogens (tertiary/aromatic N) is 2. The summed E-state index contributed by atoms with van der Waals surface area (Å²) < 4.78 is 10.6. The Hall–Kier alpha value is -2.90. The summed E-state index contributed by atoms with van der Waals surface area (Å²) in [6.45, 7) is 1.78. The molecule has 0 N–H and O–H groups in total. The van der Waals surface area contributed by atoms with E-state index >= 15 is 0 Å². The monoisotopic (exact) mass is 426 g/mol. The van der Waals surface area contributed by atoms with Crippen LogP contribution in [-0.2, 0) is 22.6 Å². The van der Waals surface area contributed by atoms with E-state index in [-0.39, 0.29) is 18.4 Å². The van der Waals surface area contributed by atoms with E-state index in [1.54, 1.807) is 35.3 Å². The average molecular weight is 427 g/mol. The van der Waals surface area contributed by atoms with Gasteiger partial charge in [-0.25, -0.2) is 0 Å². The summed E-state index contributed by atoms with van der Waals surface area (Å²) in [5.74, 6) is 0.444. The SMILES string of the molecule is COCCCN(CC(=O)N(Cc1ccccc1)Cc1ccco1)C(=O)c1cccs1. The van der Waals surface area contributed by atoms with E-state index in [2.05, 4.69) is 0 Å². The molecule has 0 saturated carbocycles. The number of ether oxygens (including phenoxy) is 1. The number of rotatable bonds is 11. The Balaban J connectivity index is 1.74. The Kier molecular flexibility index (Phi) is 8.23. The zero-order chi connectivity index (χ0) is 21.2. The number of furan rings is 1. The Morgan fingerprint density at radius 1 is 1.00 bits per heavy atom. The van der Waals surface area contributed by atoms with Gasteiger partial charge in [0.1, 0.15) is 12.3 Å². The number of carbonyl (C=O) groups is 2. The Morgan fingerprint density at radius 2 is 1.83 bits per heavy atom. The van der Waals surface area contributed by atoms with Gasteiger partial charge in [-0.05, 0) is 35.6 Å². The number of hydrogen-bond acceptors (Lipinski definition) is 5. The summed E-state index contributed by atoms with van der Waals surface area (Å²) >= 11 is 1.38. The summed E-state index contributed by atoms with van der Waals surface area (Å²) in [4.78, 5) is 30.1. The van der Waals surface area contributed by atoms with Gasteiger partial charge in [0.2, 0.25) is 5.91 Å². The standard InChI is InChI=1S/C23H26N2O4S/c1-28-13-7-12-24(23(27)21-11-6-15-30-21)18-22(26)25(17-20-10-5-14-29-20)16-19-8-3-2-4-9-19/h2-6,8-11,14-15H,7,12-13,16-18H2,1H3. The molecule has 0 atom stereocenters. The van der Waals surface area contributed by atoms with Crippen LogP contribution in [0, 0.1) is 0 Å². The molecule has 30 heavy (non-hydrogen) atoms. The molecule has 7 heteroatoms. The van der Waals surface area contributed by atoms with Crippen molar-refractivity contribution in [3.8, 4) is 0 Å². The van der Waals surface area contributed by atoms with Crippen molar-refractivity contribution in [3.05, 3.63) is 82.4 Å². The predicted octanol–water partition coefficient (Wildman–Crippen LogP) is 4.05. The van der Waals surface area contributed by atoms with Gasteiger partial charge in [0, 0.05) is 26.8 Å². The molecule has 1 aromatic carbocycles. The van der Waals surface area contributed by atoms with Crippen LogP contribution in [0.5, 0.6) is 0 Å².